The summed E-state index contributed by atoms with van der Waals surface area (Å²) >= 11 is 0. The second-order valence-electron chi connectivity index (χ2n) is 6.79. The number of likely N-dealkylation sites (N-methyl/N-ethyl adjacent to an activating group) is 1. The zero-order chi connectivity index (χ0) is 18.3. The molecule has 1 aromatic heterocycles. The molecule has 8 nitrogen and oxygen atoms in total. The van der Waals surface area contributed by atoms with Crippen molar-refractivity contribution < 1.29 is 13.2 Å². The van der Waals surface area contributed by atoms with Gasteiger partial charge in [-0.3, -0.25) is 4.90 Å². The van der Waals surface area contributed by atoms with Gasteiger partial charge in [-0.25, -0.2) is 8.42 Å². The van der Waals surface area contributed by atoms with Crippen molar-refractivity contribution in [2.75, 3.05) is 27.2 Å². The zero-order valence-electron chi connectivity index (χ0n) is 15.0. The molecule has 0 unspecified atom stereocenters. The topological polar surface area (TPSA) is 80.6 Å². The Kier molecular flexibility index (Phi) is 4.45. The number of rotatable bonds is 4. The lowest BCUT2D eigenvalue weighted by Crippen LogP contribution is -2.35. The lowest BCUT2D eigenvalue weighted by molar-refractivity contribution is 0.256. The lowest BCUT2D eigenvalue weighted by Gasteiger charge is -2.28. The largest absolute Gasteiger partial charge is 0.495 e. The number of sulfonamides is 1. The first kappa shape index (κ1) is 17.4. The van der Waals surface area contributed by atoms with Crippen LogP contribution in [-0.2, 0) is 23.1 Å². The van der Waals surface area contributed by atoms with Gasteiger partial charge >= 0.3 is 0 Å². The van der Waals surface area contributed by atoms with Crippen LogP contribution in [0.4, 0.5) is 0 Å². The van der Waals surface area contributed by atoms with E-state index in [1.165, 1.54) is 7.11 Å². The molecule has 1 saturated heterocycles. The molecule has 1 aromatic carbocycles. The number of nitrogens with zero attached hydrogens (tertiary/aromatic N) is 5. The van der Waals surface area contributed by atoms with Crippen molar-refractivity contribution in [3.05, 3.63) is 35.9 Å². The van der Waals surface area contributed by atoms with Crippen LogP contribution in [0.25, 0.3) is 0 Å². The molecule has 0 amide bonds. The van der Waals surface area contributed by atoms with Crippen LogP contribution in [0.2, 0.25) is 0 Å². The number of ether oxygens (including phenoxy) is 1. The average molecular weight is 377 g/mol. The number of aromatic nitrogens is 3. The summed E-state index contributed by atoms with van der Waals surface area (Å²) in [6, 6.07) is 6.47. The summed E-state index contributed by atoms with van der Waals surface area (Å²) in [6.45, 7) is 2.91. The summed E-state index contributed by atoms with van der Waals surface area (Å²) in [5.41, 5.74) is 0. The molecule has 0 bridgehead atoms. The highest BCUT2D eigenvalue weighted by Gasteiger charge is 2.40. The maximum atomic E-state index is 13.3. The maximum absolute atomic E-state index is 13.3. The third-order valence-electron chi connectivity index (χ3n) is 5.13. The molecule has 3 heterocycles. The van der Waals surface area contributed by atoms with Gasteiger partial charge in [0.15, 0.2) is 5.82 Å². The van der Waals surface area contributed by atoms with Crippen LogP contribution >= 0.6 is 0 Å². The monoisotopic (exact) mass is 377 g/mol. The van der Waals surface area contributed by atoms with Crippen LogP contribution < -0.4 is 4.74 Å². The molecule has 4 rings (SSSR count). The van der Waals surface area contributed by atoms with E-state index < -0.39 is 10.0 Å². The molecule has 0 spiro atoms. The first-order valence-corrected chi connectivity index (χ1v) is 10.2. The Labute approximate surface area is 153 Å². The fourth-order valence-electron chi connectivity index (χ4n) is 3.79. The van der Waals surface area contributed by atoms with E-state index >= 15 is 0 Å². The molecule has 2 aliphatic heterocycles. The fraction of sp³-hybridized carbons (Fsp3) is 0.529. The molecule has 2 aliphatic rings. The van der Waals surface area contributed by atoms with E-state index in [1.54, 1.807) is 28.6 Å². The minimum Gasteiger partial charge on any atom is -0.495 e. The van der Waals surface area contributed by atoms with E-state index in [0.717, 1.165) is 44.1 Å². The number of fused-ring (bicyclic) bond motifs is 1. The highest BCUT2D eigenvalue weighted by molar-refractivity contribution is 7.89. The number of methoxy groups -OCH3 is 1. The van der Waals surface area contributed by atoms with Crippen molar-refractivity contribution in [3.8, 4) is 5.75 Å². The first-order valence-electron chi connectivity index (χ1n) is 8.77. The van der Waals surface area contributed by atoms with E-state index in [2.05, 4.69) is 19.7 Å². The van der Waals surface area contributed by atoms with Gasteiger partial charge in [0.2, 0.25) is 10.0 Å². The van der Waals surface area contributed by atoms with E-state index in [0.29, 0.717) is 12.3 Å². The summed E-state index contributed by atoms with van der Waals surface area (Å²) < 4.78 is 35.6. The maximum Gasteiger partial charge on any atom is 0.247 e. The Balaban J connectivity index is 1.71. The fourth-order valence-corrected chi connectivity index (χ4v) is 5.60. The average Bonchev–Trinajstić information content (AvgIpc) is 3.28. The predicted molar refractivity (Wildman–Crippen MR) is 95.2 cm³/mol. The Morgan fingerprint density at radius 2 is 1.96 bits per heavy atom. The van der Waals surface area contributed by atoms with Crippen molar-refractivity contribution in [2.45, 2.75) is 36.9 Å². The molecule has 0 N–H and O–H groups in total. The Morgan fingerprint density at radius 3 is 2.77 bits per heavy atom. The van der Waals surface area contributed by atoms with Crippen LogP contribution in [0.15, 0.2) is 29.2 Å². The number of para-hydroxylation sites is 1. The van der Waals surface area contributed by atoms with Crippen LogP contribution in [-0.4, -0.2) is 59.6 Å². The van der Waals surface area contributed by atoms with Gasteiger partial charge in [-0.1, -0.05) is 12.1 Å². The molecule has 9 heteroatoms. The Hall–Kier alpha value is -1.97. The molecule has 1 fully saturated rings. The van der Waals surface area contributed by atoms with Crippen LogP contribution in [0.5, 0.6) is 5.75 Å². The predicted octanol–water partition coefficient (Wildman–Crippen LogP) is 1.26. The van der Waals surface area contributed by atoms with E-state index in [9.17, 15) is 8.42 Å². The van der Waals surface area contributed by atoms with Crippen molar-refractivity contribution in [3.63, 3.8) is 0 Å². The number of hydrogen-bond acceptors (Lipinski definition) is 6. The molecule has 0 aliphatic carbocycles. The molecule has 26 heavy (non-hydrogen) atoms. The second-order valence-corrected chi connectivity index (χ2v) is 8.65. The normalized spacial score (nSPS) is 21.7. The van der Waals surface area contributed by atoms with Gasteiger partial charge in [-0.2, -0.15) is 4.31 Å². The van der Waals surface area contributed by atoms with Gasteiger partial charge in [-0.05, 0) is 32.0 Å². The van der Waals surface area contributed by atoms with Gasteiger partial charge < -0.3 is 9.30 Å². The standard InChI is InChI=1S/C17H23N5O3S/c1-20-10-11-21-16(12-20)18-19-17(21)13-6-5-9-22(13)26(23,24)15-8-4-3-7-14(15)25-2/h3-4,7-8,13H,5-6,9-12H2,1-2H3/t13-/m0/s1. The molecule has 1 atom stereocenters. The number of hydrogen-bond donors (Lipinski definition) is 0. The van der Waals surface area contributed by atoms with E-state index in [4.69, 9.17) is 4.74 Å². The molecule has 2 aromatic rings. The van der Waals surface area contributed by atoms with Gasteiger partial charge in [0.1, 0.15) is 16.5 Å². The molecule has 0 saturated carbocycles. The summed E-state index contributed by atoms with van der Waals surface area (Å²) in [6.07, 6.45) is 1.56. The van der Waals surface area contributed by atoms with E-state index in [1.807, 2.05) is 7.05 Å². The Morgan fingerprint density at radius 1 is 1.15 bits per heavy atom. The van der Waals surface area contributed by atoms with E-state index in [-0.39, 0.29) is 10.9 Å². The van der Waals surface area contributed by atoms with Crippen molar-refractivity contribution in [2.24, 2.45) is 0 Å². The zero-order valence-corrected chi connectivity index (χ0v) is 15.8. The minimum absolute atomic E-state index is 0.201. The van der Waals surface area contributed by atoms with Crippen LogP contribution in [0, 0.1) is 0 Å². The summed E-state index contributed by atoms with van der Waals surface area (Å²) in [4.78, 5) is 2.39. The number of benzene rings is 1. The van der Waals surface area contributed by atoms with Gasteiger partial charge in [-0.15, -0.1) is 10.2 Å². The molecule has 0 radical (unpaired) electrons. The Bertz CT molecular complexity index is 911. The third-order valence-corrected chi connectivity index (χ3v) is 7.08. The minimum atomic E-state index is -3.68. The molecule has 140 valence electrons. The lowest BCUT2D eigenvalue weighted by atomic mass is 10.2. The summed E-state index contributed by atoms with van der Waals surface area (Å²) in [7, 11) is -0.142. The second kappa shape index (κ2) is 6.64. The van der Waals surface area contributed by atoms with Crippen LogP contribution in [0.3, 0.4) is 0 Å². The highest BCUT2D eigenvalue weighted by atomic mass is 32.2. The summed E-state index contributed by atoms with van der Waals surface area (Å²) in [5, 5.41) is 8.66. The molecular weight excluding hydrogens is 354 g/mol. The SMILES string of the molecule is COc1ccccc1S(=O)(=O)N1CCC[C@H]1c1nnc2n1CCN(C)C2. The van der Waals surface area contributed by atoms with Gasteiger partial charge in [0.05, 0.1) is 19.7 Å². The smallest absolute Gasteiger partial charge is 0.247 e. The van der Waals surface area contributed by atoms with Crippen molar-refractivity contribution in [1.29, 1.82) is 0 Å². The molecular formula is C17H23N5O3S. The summed E-state index contributed by atoms with van der Waals surface area (Å²) in [5.74, 6) is 2.02. The van der Waals surface area contributed by atoms with Crippen molar-refractivity contribution >= 4 is 10.0 Å². The van der Waals surface area contributed by atoms with Gasteiger partial charge in [0.25, 0.3) is 0 Å². The highest BCUT2D eigenvalue weighted by Crippen LogP contribution is 2.38. The first-order chi connectivity index (χ1) is 12.5. The quantitative estimate of drug-likeness (QED) is 0.798. The van der Waals surface area contributed by atoms with Crippen molar-refractivity contribution in [1.82, 2.24) is 24.0 Å². The third kappa shape index (κ3) is 2.80. The van der Waals surface area contributed by atoms with Crippen LogP contribution in [0.1, 0.15) is 30.5 Å². The van der Waals surface area contributed by atoms with Gasteiger partial charge in [0, 0.05) is 19.6 Å².